The Labute approximate surface area is 181 Å². The monoisotopic (exact) mass is 432 g/mol. The minimum atomic E-state index is -4.52. The van der Waals surface area contributed by atoms with Gasteiger partial charge in [0.2, 0.25) is 0 Å². The lowest BCUT2D eigenvalue weighted by Gasteiger charge is -2.26. The lowest BCUT2D eigenvalue weighted by Crippen LogP contribution is -2.29. The number of hydrogen-bond donors (Lipinski definition) is 0. The lowest BCUT2D eigenvalue weighted by molar-refractivity contribution is 0.217. The second-order valence-corrected chi connectivity index (χ2v) is 7.60. The molecular weight excluding hydrogens is 412 g/mol. The molecule has 0 spiro atoms. The quantitative estimate of drug-likeness (QED) is 0.329. The molecule has 31 heavy (non-hydrogen) atoms. The molecule has 0 heterocycles. The summed E-state index contributed by atoms with van der Waals surface area (Å²) >= 11 is 0. The van der Waals surface area contributed by atoms with E-state index in [1.54, 1.807) is 97.1 Å². The van der Waals surface area contributed by atoms with Crippen LogP contribution in [0.2, 0.25) is 0 Å². The van der Waals surface area contributed by atoms with Gasteiger partial charge in [-0.25, -0.2) is 10.1 Å². The number of rotatable bonds is 8. The number of nitrogens with zero attached hydrogens (tertiary/aromatic N) is 2. The molecule has 0 aliphatic carbocycles. The molecule has 0 atom stereocenters. The average Bonchev–Trinajstić information content (AvgIpc) is 2.83. The van der Waals surface area contributed by atoms with E-state index in [4.69, 9.17) is 8.57 Å². The molecule has 0 saturated carbocycles. The van der Waals surface area contributed by atoms with Gasteiger partial charge in [-0.05, 0) is 48.5 Å². The fraction of sp³-hybridized carbons (Fsp3) is 0. The number of benzene rings is 4. The number of anilines is 4. The highest BCUT2D eigenvalue weighted by Crippen LogP contribution is 2.30. The lowest BCUT2D eigenvalue weighted by atomic mass is 10.2. The first-order chi connectivity index (χ1) is 15.1. The van der Waals surface area contributed by atoms with E-state index in [0.717, 1.165) is 0 Å². The van der Waals surface area contributed by atoms with E-state index in [1.165, 1.54) is 10.1 Å². The Balaban J connectivity index is 1.67. The van der Waals surface area contributed by atoms with Gasteiger partial charge in [0.05, 0.1) is 22.7 Å². The summed E-state index contributed by atoms with van der Waals surface area (Å²) in [7, 11) is -4.52. The van der Waals surface area contributed by atoms with E-state index >= 15 is 0 Å². The minimum absolute atomic E-state index is 0.534. The van der Waals surface area contributed by atoms with Gasteiger partial charge in [-0.15, -0.1) is 8.57 Å². The summed E-state index contributed by atoms with van der Waals surface area (Å²) in [5, 5.41) is 2.42. The number of hydrogen-bond acceptors (Lipinski definition) is 6. The van der Waals surface area contributed by atoms with Crippen molar-refractivity contribution in [2.75, 3.05) is 10.1 Å². The second kappa shape index (κ2) is 9.44. The summed E-state index contributed by atoms with van der Waals surface area (Å²) in [6, 6.07) is 35.7. The van der Waals surface area contributed by atoms with Crippen LogP contribution in [0.15, 0.2) is 121 Å². The zero-order chi connectivity index (χ0) is 21.5. The van der Waals surface area contributed by atoms with Crippen molar-refractivity contribution in [3.63, 3.8) is 0 Å². The van der Waals surface area contributed by atoms with Gasteiger partial charge in [0.15, 0.2) is 0 Å². The van der Waals surface area contributed by atoms with E-state index < -0.39 is 10.4 Å². The molecule has 6 nitrogen and oxygen atoms in total. The molecule has 0 fully saturated rings. The maximum absolute atomic E-state index is 13.0. The van der Waals surface area contributed by atoms with Crippen molar-refractivity contribution in [2.45, 2.75) is 0 Å². The maximum atomic E-state index is 13.0. The molecule has 0 saturated heterocycles. The van der Waals surface area contributed by atoms with E-state index in [-0.39, 0.29) is 0 Å². The van der Waals surface area contributed by atoms with Crippen LogP contribution < -0.4 is 10.1 Å². The smallest absolute Gasteiger partial charge is 0.203 e. The Hall–Kier alpha value is -3.65. The van der Waals surface area contributed by atoms with Gasteiger partial charge in [-0.1, -0.05) is 72.8 Å². The molecule has 0 N–H and O–H groups in total. The van der Waals surface area contributed by atoms with Gasteiger partial charge in [0.1, 0.15) is 0 Å². The van der Waals surface area contributed by atoms with E-state index in [0.29, 0.717) is 22.7 Å². The predicted molar refractivity (Wildman–Crippen MR) is 121 cm³/mol. The Morgan fingerprint density at radius 2 is 0.645 bits per heavy atom. The Morgan fingerprint density at radius 1 is 0.419 bits per heavy atom. The first-order valence-corrected chi connectivity index (χ1v) is 10.9. The van der Waals surface area contributed by atoms with Crippen molar-refractivity contribution in [1.82, 2.24) is 0 Å². The van der Waals surface area contributed by atoms with Gasteiger partial charge in [-0.2, -0.15) is 8.42 Å². The summed E-state index contributed by atoms with van der Waals surface area (Å²) in [4.78, 5) is 0. The van der Waals surface area contributed by atoms with Gasteiger partial charge >= 0.3 is 10.4 Å². The molecule has 0 unspecified atom stereocenters. The van der Waals surface area contributed by atoms with Crippen LogP contribution in [-0.4, -0.2) is 8.42 Å². The zero-order valence-corrected chi connectivity index (χ0v) is 17.3. The molecule has 0 aliphatic rings. The van der Waals surface area contributed by atoms with Gasteiger partial charge < -0.3 is 0 Å². The van der Waals surface area contributed by atoms with Gasteiger partial charge in [0, 0.05) is 0 Å². The average molecular weight is 433 g/mol. The van der Waals surface area contributed by atoms with Crippen LogP contribution in [0.5, 0.6) is 0 Å². The summed E-state index contributed by atoms with van der Waals surface area (Å²) in [5.41, 5.74) is 2.14. The molecule has 0 radical (unpaired) electrons. The van der Waals surface area contributed by atoms with Crippen molar-refractivity contribution in [1.29, 1.82) is 0 Å². The van der Waals surface area contributed by atoms with Gasteiger partial charge in [-0.3, -0.25) is 0 Å². The molecule has 7 heteroatoms. The topological polar surface area (TPSA) is 59.1 Å². The summed E-state index contributed by atoms with van der Waals surface area (Å²) in [5.74, 6) is 0. The van der Waals surface area contributed by atoms with Crippen LogP contribution in [0.1, 0.15) is 0 Å². The highest BCUT2D eigenvalue weighted by Gasteiger charge is 2.26. The molecule has 0 aromatic heterocycles. The van der Waals surface area contributed by atoms with Gasteiger partial charge in [0.25, 0.3) is 0 Å². The maximum Gasteiger partial charge on any atom is 0.442 e. The normalized spacial score (nSPS) is 11.1. The van der Waals surface area contributed by atoms with Crippen LogP contribution in [0, 0.1) is 0 Å². The predicted octanol–water partition coefficient (Wildman–Crippen LogP) is 5.77. The van der Waals surface area contributed by atoms with Crippen LogP contribution in [0.25, 0.3) is 0 Å². The van der Waals surface area contributed by atoms with Crippen LogP contribution in [0.4, 0.5) is 22.7 Å². The zero-order valence-electron chi connectivity index (χ0n) is 16.5. The molecule has 4 aromatic rings. The first kappa shape index (κ1) is 20.6. The SMILES string of the molecule is O=S(=O)(ON(c1ccccc1)c1ccccc1)ON(c1ccccc1)c1ccccc1. The molecule has 0 bridgehead atoms. The molecule has 0 aliphatic heterocycles. The first-order valence-electron chi connectivity index (χ1n) is 9.57. The Bertz CT molecular complexity index is 1020. The fourth-order valence-electron chi connectivity index (χ4n) is 2.92. The largest absolute Gasteiger partial charge is 0.442 e. The third-order valence-corrected chi connectivity index (χ3v) is 4.96. The summed E-state index contributed by atoms with van der Waals surface area (Å²) in [6.45, 7) is 0. The highest BCUT2D eigenvalue weighted by atomic mass is 32.3. The highest BCUT2D eigenvalue weighted by molar-refractivity contribution is 7.82. The van der Waals surface area contributed by atoms with Crippen LogP contribution >= 0.6 is 0 Å². The molecule has 0 amide bonds. The van der Waals surface area contributed by atoms with Crippen molar-refractivity contribution in [3.8, 4) is 0 Å². The second-order valence-electron chi connectivity index (χ2n) is 6.49. The Morgan fingerprint density at radius 3 is 0.871 bits per heavy atom. The summed E-state index contributed by atoms with van der Waals surface area (Å²) < 4.78 is 36.9. The third kappa shape index (κ3) is 5.29. The fourth-order valence-corrected chi connectivity index (χ4v) is 3.66. The van der Waals surface area contributed by atoms with Crippen molar-refractivity contribution in [2.24, 2.45) is 0 Å². The minimum Gasteiger partial charge on any atom is -0.203 e. The Kier molecular flexibility index (Phi) is 6.28. The van der Waals surface area contributed by atoms with Crippen LogP contribution in [-0.2, 0) is 19.0 Å². The van der Waals surface area contributed by atoms with Crippen molar-refractivity contribution < 1.29 is 17.0 Å². The summed E-state index contributed by atoms with van der Waals surface area (Å²) in [6.07, 6.45) is 0. The van der Waals surface area contributed by atoms with Crippen molar-refractivity contribution in [3.05, 3.63) is 121 Å². The molecular formula is C24H20N2O4S. The van der Waals surface area contributed by atoms with Crippen molar-refractivity contribution >= 4 is 33.1 Å². The van der Waals surface area contributed by atoms with Crippen LogP contribution in [0.3, 0.4) is 0 Å². The van der Waals surface area contributed by atoms with E-state index in [2.05, 4.69) is 0 Å². The standard InChI is InChI=1S/C24H20N2O4S/c27-31(28,29-25(21-13-5-1-6-14-21)22-15-7-2-8-16-22)30-26(23-17-9-3-10-18-23)24-19-11-4-12-20-24/h1-20H. The molecule has 4 rings (SSSR count). The van der Waals surface area contributed by atoms with E-state index in [9.17, 15) is 8.42 Å². The molecule has 156 valence electrons. The molecule has 4 aromatic carbocycles. The third-order valence-electron chi connectivity index (χ3n) is 4.29. The number of para-hydroxylation sites is 4. The van der Waals surface area contributed by atoms with E-state index in [1.807, 2.05) is 24.3 Å².